The fraction of sp³-hybridized carbons (Fsp3) is 0.333. The predicted octanol–water partition coefficient (Wildman–Crippen LogP) is -2.00. The molecule has 3 aliphatic heterocycles. The standard InChI is InChI=1S/C24H23B2F2N3O9/c27-21-13(3-1-11-9-39-25(37)19(11)21)23(35)29-15-7-31(17(32)5-6-18(33)34)8-16(15)30-24(36)14-4-2-12-10-40-26(38)20(12)22(14)28/h1-4,15-16,37-38H,5-10H2,(H,29,35)(H,30,36)(H,33,34)/t15-,16-/m1/s1. The van der Waals surface area contributed by atoms with Crippen molar-refractivity contribution in [3.8, 4) is 0 Å². The molecule has 3 heterocycles. The van der Waals surface area contributed by atoms with E-state index >= 15 is 8.78 Å². The Hall–Kier alpha value is -3.85. The van der Waals surface area contributed by atoms with Gasteiger partial charge in [-0.1, -0.05) is 12.1 Å². The van der Waals surface area contributed by atoms with Gasteiger partial charge in [-0.15, -0.1) is 0 Å². The summed E-state index contributed by atoms with van der Waals surface area (Å²) in [6.07, 6.45) is -0.760. The minimum atomic E-state index is -1.53. The number of fused-ring (bicyclic) bond motifs is 2. The first-order valence-corrected chi connectivity index (χ1v) is 12.4. The molecule has 1 saturated heterocycles. The van der Waals surface area contributed by atoms with Crippen LogP contribution in [0.5, 0.6) is 0 Å². The number of carbonyl (C=O) groups excluding carboxylic acids is 3. The monoisotopic (exact) mass is 557 g/mol. The summed E-state index contributed by atoms with van der Waals surface area (Å²) >= 11 is 0. The second kappa shape index (κ2) is 11.0. The number of nitrogens with one attached hydrogen (secondary N) is 2. The van der Waals surface area contributed by atoms with Crippen LogP contribution in [0.3, 0.4) is 0 Å². The third-order valence-electron chi connectivity index (χ3n) is 7.17. The topological polar surface area (TPSA) is 175 Å². The molecule has 2 atom stereocenters. The van der Waals surface area contributed by atoms with Gasteiger partial charge < -0.3 is 40.0 Å². The van der Waals surface area contributed by atoms with Crippen LogP contribution in [0.1, 0.15) is 44.7 Å². The molecule has 208 valence electrons. The second-order valence-electron chi connectivity index (χ2n) is 9.68. The lowest BCUT2D eigenvalue weighted by Crippen LogP contribution is -2.51. The first-order chi connectivity index (χ1) is 19.0. The second-order valence-corrected chi connectivity index (χ2v) is 9.68. The molecular formula is C24H23B2F2N3O9. The molecule has 0 aromatic heterocycles. The Morgan fingerprint density at radius 1 is 0.825 bits per heavy atom. The van der Waals surface area contributed by atoms with Crippen molar-refractivity contribution < 1.29 is 52.4 Å². The first-order valence-electron chi connectivity index (χ1n) is 12.4. The number of benzene rings is 2. The predicted molar refractivity (Wildman–Crippen MR) is 134 cm³/mol. The van der Waals surface area contributed by atoms with Crippen molar-refractivity contribution in [2.24, 2.45) is 0 Å². The van der Waals surface area contributed by atoms with Crippen molar-refractivity contribution in [1.29, 1.82) is 0 Å². The van der Waals surface area contributed by atoms with Crippen molar-refractivity contribution in [3.05, 3.63) is 58.2 Å². The summed E-state index contributed by atoms with van der Waals surface area (Å²) in [6.45, 7) is -0.344. The Balaban J connectivity index is 1.37. The van der Waals surface area contributed by atoms with Gasteiger partial charge in [0.1, 0.15) is 11.6 Å². The normalized spacial score (nSPS) is 19.4. The molecule has 0 radical (unpaired) electrons. The van der Waals surface area contributed by atoms with E-state index in [1.807, 2.05) is 0 Å². The zero-order valence-corrected chi connectivity index (χ0v) is 20.9. The fourth-order valence-electron chi connectivity index (χ4n) is 5.07. The van der Waals surface area contributed by atoms with E-state index in [1.165, 1.54) is 29.2 Å². The van der Waals surface area contributed by atoms with Gasteiger partial charge in [0.05, 0.1) is 42.8 Å². The van der Waals surface area contributed by atoms with Gasteiger partial charge in [-0.3, -0.25) is 19.2 Å². The van der Waals surface area contributed by atoms with Crippen LogP contribution in [0.15, 0.2) is 24.3 Å². The molecule has 12 nitrogen and oxygen atoms in total. The molecule has 0 aliphatic carbocycles. The van der Waals surface area contributed by atoms with Crippen LogP contribution in [-0.4, -0.2) is 83.2 Å². The fourth-order valence-corrected chi connectivity index (χ4v) is 5.07. The van der Waals surface area contributed by atoms with Crippen molar-refractivity contribution >= 4 is 48.9 Å². The Kier molecular flexibility index (Phi) is 7.59. The number of hydrogen-bond acceptors (Lipinski definition) is 8. The highest BCUT2D eigenvalue weighted by atomic mass is 19.1. The molecule has 5 rings (SSSR count). The van der Waals surface area contributed by atoms with Crippen LogP contribution < -0.4 is 21.6 Å². The van der Waals surface area contributed by atoms with Crippen molar-refractivity contribution in [2.45, 2.75) is 38.1 Å². The summed E-state index contributed by atoms with van der Waals surface area (Å²) in [4.78, 5) is 50.9. The quantitative estimate of drug-likeness (QED) is 0.242. The minimum absolute atomic E-state index is 0.0259. The third-order valence-corrected chi connectivity index (χ3v) is 7.17. The Morgan fingerprint density at radius 2 is 1.27 bits per heavy atom. The van der Waals surface area contributed by atoms with E-state index in [0.29, 0.717) is 11.1 Å². The molecular weight excluding hydrogens is 534 g/mol. The third kappa shape index (κ3) is 5.18. The Morgan fingerprint density at radius 3 is 1.70 bits per heavy atom. The summed E-state index contributed by atoms with van der Waals surface area (Å²) in [5, 5.41) is 33.9. The lowest BCUT2D eigenvalue weighted by Gasteiger charge is -2.21. The van der Waals surface area contributed by atoms with Gasteiger partial charge >= 0.3 is 20.2 Å². The van der Waals surface area contributed by atoms with Crippen molar-refractivity contribution in [2.75, 3.05) is 13.1 Å². The van der Waals surface area contributed by atoms with E-state index in [9.17, 15) is 29.2 Å². The molecule has 0 bridgehead atoms. The molecule has 0 spiro atoms. The van der Waals surface area contributed by atoms with Gasteiger partial charge in [-0.25, -0.2) is 8.78 Å². The van der Waals surface area contributed by atoms with Crippen LogP contribution in [0.4, 0.5) is 8.78 Å². The minimum Gasteiger partial charge on any atom is -0.481 e. The van der Waals surface area contributed by atoms with Gasteiger partial charge in [-0.2, -0.15) is 0 Å². The van der Waals surface area contributed by atoms with Gasteiger partial charge in [0.15, 0.2) is 0 Å². The molecule has 40 heavy (non-hydrogen) atoms. The summed E-state index contributed by atoms with van der Waals surface area (Å²) in [7, 11) is -3.07. The largest absolute Gasteiger partial charge is 0.494 e. The van der Waals surface area contributed by atoms with Crippen LogP contribution in [0.25, 0.3) is 0 Å². The SMILES string of the molecule is O=C(O)CCC(=O)N1C[C@@H](NC(=O)c2ccc3c(c2F)B(O)OC3)[C@H](NC(=O)c2ccc3c(c2F)B(O)OC3)C1. The molecule has 0 unspecified atom stereocenters. The van der Waals surface area contributed by atoms with Gasteiger partial charge in [0.2, 0.25) is 5.91 Å². The zero-order valence-electron chi connectivity index (χ0n) is 20.9. The number of likely N-dealkylation sites (tertiary alicyclic amines) is 1. The smallest absolute Gasteiger partial charge is 0.481 e. The summed E-state index contributed by atoms with van der Waals surface area (Å²) in [5.41, 5.74) is -0.352. The highest BCUT2D eigenvalue weighted by molar-refractivity contribution is 6.62. The van der Waals surface area contributed by atoms with Crippen LogP contribution >= 0.6 is 0 Å². The number of nitrogens with zero attached hydrogens (tertiary/aromatic N) is 1. The van der Waals surface area contributed by atoms with Crippen LogP contribution in [-0.2, 0) is 32.1 Å². The Labute approximate surface area is 226 Å². The number of carboxylic acids is 1. The molecule has 2 aromatic carbocycles. The zero-order chi connectivity index (χ0) is 28.7. The van der Waals surface area contributed by atoms with Gasteiger partial charge in [-0.05, 0) is 23.3 Å². The summed E-state index contributed by atoms with van der Waals surface area (Å²) < 4.78 is 40.2. The molecule has 3 amide bonds. The van der Waals surface area contributed by atoms with E-state index < -0.39 is 79.2 Å². The average Bonchev–Trinajstić information content (AvgIpc) is 3.60. The number of amides is 3. The van der Waals surface area contributed by atoms with Crippen LogP contribution in [0, 0.1) is 11.6 Å². The summed E-state index contributed by atoms with van der Waals surface area (Å²) in [6, 6.07) is 3.38. The lowest BCUT2D eigenvalue weighted by molar-refractivity contribution is -0.140. The summed E-state index contributed by atoms with van der Waals surface area (Å²) in [5.74, 6) is -5.48. The number of rotatable bonds is 7. The van der Waals surface area contributed by atoms with Crippen LogP contribution in [0.2, 0.25) is 0 Å². The number of carboxylic acid groups (broad SMARTS) is 1. The first kappa shape index (κ1) is 27.7. The molecule has 3 aliphatic rings. The van der Waals surface area contributed by atoms with Gasteiger partial charge in [0.25, 0.3) is 11.8 Å². The van der Waals surface area contributed by atoms with Gasteiger partial charge in [0, 0.05) is 30.4 Å². The van der Waals surface area contributed by atoms with E-state index in [1.54, 1.807) is 0 Å². The molecule has 0 saturated carbocycles. The van der Waals surface area contributed by atoms with E-state index in [0.717, 1.165) is 0 Å². The number of hydrogen-bond donors (Lipinski definition) is 5. The maximum atomic E-state index is 15.1. The highest BCUT2D eigenvalue weighted by Crippen LogP contribution is 2.20. The number of carbonyl (C=O) groups is 4. The number of halogens is 2. The molecule has 16 heteroatoms. The maximum absolute atomic E-state index is 15.1. The number of aliphatic carboxylic acids is 1. The maximum Gasteiger partial charge on any atom is 0.494 e. The van der Waals surface area contributed by atoms with Crippen molar-refractivity contribution in [1.82, 2.24) is 15.5 Å². The van der Waals surface area contributed by atoms with E-state index in [2.05, 4.69) is 10.6 Å². The van der Waals surface area contributed by atoms with E-state index in [4.69, 9.17) is 14.4 Å². The highest BCUT2D eigenvalue weighted by Gasteiger charge is 2.40. The molecule has 1 fully saturated rings. The molecule has 5 N–H and O–H groups in total. The van der Waals surface area contributed by atoms with Crippen molar-refractivity contribution in [3.63, 3.8) is 0 Å². The molecule has 2 aromatic rings. The van der Waals surface area contributed by atoms with E-state index in [-0.39, 0.29) is 43.6 Å². The lowest BCUT2D eigenvalue weighted by atomic mass is 9.78. The average molecular weight is 557 g/mol. The Bertz CT molecular complexity index is 1320.